The van der Waals surface area contributed by atoms with Gasteiger partial charge in [0.2, 0.25) is 0 Å². The third kappa shape index (κ3) is 3.67. The Hall–Kier alpha value is -1.30. The molecular formula is C14H11BrCl2N2O2. The van der Waals surface area contributed by atoms with Crippen molar-refractivity contribution in [2.45, 2.75) is 13.0 Å². The lowest BCUT2D eigenvalue weighted by Gasteiger charge is -2.17. The van der Waals surface area contributed by atoms with E-state index >= 15 is 0 Å². The topological polar surface area (TPSA) is 55.2 Å². The van der Waals surface area contributed by atoms with Crippen LogP contribution in [-0.4, -0.2) is 4.92 Å². The maximum Gasteiger partial charge on any atom is 0.285 e. The second-order valence-corrected chi connectivity index (χ2v) is 6.07. The van der Waals surface area contributed by atoms with Gasteiger partial charge in [-0.05, 0) is 46.6 Å². The van der Waals surface area contributed by atoms with Crippen LogP contribution in [0, 0.1) is 10.1 Å². The molecule has 0 amide bonds. The minimum Gasteiger partial charge on any atom is -0.378 e. The zero-order valence-corrected chi connectivity index (χ0v) is 14.0. The number of nitro benzene ring substituents is 1. The molecule has 0 aliphatic heterocycles. The van der Waals surface area contributed by atoms with Crippen molar-refractivity contribution in [3.63, 3.8) is 0 Å². The van der Waals surface area contributed by atoms with Crippen LogP contribution in [0.25, 0.3) is 0 Å². The Balaban J connectivity index is 2.27. The predicted molar refractivity (Wildman–Crippen MR) is 89.3 cm³/mol. The molecule has 1 N–H and O–H groups in total. The lowest BCUT2D eigenvalue weighted by Crippen LogP contribution is -2.07. The van der Waals surface area contributed by atoms with Gasteiger partial charge in [0.25, 0.3) is 5.69 Å². The van der Waals surface area contributed by atoms with Crippen LogP contribution < -0.4 is 5.32 Å². The number of nitro groups is 1. The summed E-state index contributed by atoms with van der Waals surface area (Å²) in [5.41, 5.74) is 1.47. The van der Waals surface area contributed by atoms with E-state index in [1.807, 2.05) is 19.1 Å². The SMILES string of the molecule is CC(Nc1ccc(Br)c([N+](=O)[O-])c1)c1cccc(Cl)c1Cl. The van der Waals surface area contributed by atoms with Gasteiger partial charge in [-0.1, -0.05) is 35.3 Å². The van der Waals surface area contributed by atoms with E-state index in [4.69, 9.17) is 23.2 Å². The Morgan fingerprint density at radius 2 is 2.00 bits per heavy atom. The predicted octanol–water partition coefficient (Wildman–Crippen LogP) is 5.84. The highest BCUT2D eigenvalue weighted by molar-refractivity contribution is 9.10. The molecule has 0 saturated carbocycles. The molecule has 0 aliphatic carbocycles. The van der Waals surface area contributed by atoms with E-state index in [0.717, 1.165) is 5.56 Å². The summed E-state index contributed by atoms with van der Waals surface area (Å²) in [6, 6.07) is 10.1. The number of anilines is 1. The number of nitrogens with one attached hydrogen (secondary N) is 1. The van der Waals surface area contributed by atoms with E-state index in [-0.39, 0.29) is 11.7 Å². The zero-order chi connectivity index (χ0) is 15.6. The molecule has 2 aromatic rings. The molecule has 0 fully saturated rings. The van der Waals surface area contributed by atoms with Gasteiger partial charge >= 0.3 is 0 Å². The third-order valence-electron chi connectivity index (χ3n) is 2.97. The lowest BCUT2D eigenvalue weighted by molar-refractivity contribution is -0.385. The highest BCUT2D eigenvalue weighted by Gasteiger charge is 2.15. The lowest BCUT2D eigenvalue weighted by atomic mass is 10.1. The highest BCUT2D eigenvalue weighted by atomic mass is 79.9. The first-order valence-electron chi connectivity index (χ1n) is 6.04. The fraction of sp³-hybridized carbons (Fsp3) is 0.143. The summed E-state index contributed by atoms with van der Waals surface area (Å²) in [4.78, 5) is 10.5. The molecule has 7 heteroatoms. The van der Waals surface area contributed by atoms with E-state index in [0.29, 0.717) is 20.2 Å². The molecule has 0 spiro atoms. The van der Waals surface area contributed by atoms with Crippen LogP contribution in [-0.2, 0) is 0 Å². The molecule has 0 aromatic heterocycles. The van der Waals surface area contributed by atoms with Crippen LogP contribution in [0.2, 0.25) is 10.0 Å². The van der Waals surface area contributed by atoms with Crippen molar-refractivity contribution >= 4 is 50.5 Å². The quantitative estimate of drug-likeness (QED) is 0.528. The van der Waals surface area contributed by atoms with Crippen LogP contribution in [0.3, 0.4) is 0 Å². The molecule has 0 aliphatic rings. The molecule has 1 atom stereocenters. The molecule has 2 rings (SSSR count). The van der Waals surface area contributed by atoms with Crippen LogP contribution in [0.15, 0.2) is 40.9 Å². The molecule has 2 aromatic carbocycles. The summed E-state index contributed by atoms with van der Waals surface area (Å²) in [6.45, 7) is 1.91. The summed E-state index contributed by atoms with van der Waals surface area (Å²) >= 11 is 15.3. The van der Waals surface area contributed by atoms with Crippen molar-refractivity contribution in [1.82, 2.24) is 0 Å². The molecule has 0 radical (unpaired) electrons. The van der Waals surface area contributed by atoms with Crippen molar-refractivity contribution in [1.29, 1.82) is 0 Å². The monoisotopic (exact) mass is 388 g/mol. The maximum atomic E-state index is 10.9. The Morgan fingerprint density at radius 1 is 1.29 bits per heavy atom. The van der Waals surface area contributed by atoms with Gasteiger partial charge in [-0.25, -0.2) is 0 Å². The van der Waals surface area contributed by atoms with E-state index < -0.39 is 4.92 Å². The van der Waals surface area contributed by atoms with Crippen molar-refractivity contribution in [2.75, 3.05) is 5.32 Å². The van der Waals surface area contributed by atoms with Crippen LogP contribution in [0.1, 0.15) is 18.5 Å². The average Bonchev–Trinajstić information content (AvgIpc) is 2.43. The van der Waals surface area contributed by atoms with Crippen molar-refractivity contribution < 1.29 is 4.92 Å². The molecule has 4 nitrogen and oxygen atoms in total. The van der Waals surface area contributed by atoms with Gasteiger partial charge in [0.15, 0.2) is 0 Å². The number of rotatable bonds is 4. The van der Waals surface area contributed by atoms with Gasteiger partial charge < -0.3 is 5.32 Å². The van der Waals surface area contributed by atoms with Crippen LogP contribution in [0.4, 0.5) is 11.4 Å². The Labute approximate surface area is 140 Å². The van der Waals surface area contributed by atoms with E-state index in [1.165, 1.54) is 6.07 Å². The molecule has 0 saturated heterocycles. The number of benzene rings is 2. The molecule has 0 heterocycles. The molecular weight excluding hydrogens is 379 g/mol. The largest absolute Gasteiger partial charge is 0.378 e. The Morgan fingerprint density at radius 3 is 2.67 bits per heavy atom. The van der Waals surface area contributed by atoms with Gasteiger partial charge in [-0.3, -0.25) is 10.1 Å². The first-order chi connectivity index (χ1) is 9.90. The standard InChI is InChI=1S/C14H11BrCl2N2O2/c1-8(10-3-2-4-12(16)14(10)17)18-9-5-6-11(15)13(7-9)19(20)21/h2-8,18H,1H3. The first-order valence-corrected chi connectivity index (χ1v) is 7.59. The highest BCUT2D eigenvalue weighted by Crippen LogP contribution is 2.33. The average molecular weight is 390 g/mol. The Bertz CT molecular complexity index is 695. The molecule has 0 bridgehead atoms. The normalized spacial score (nSPS) is 12.0. The van der Waals surface area contributed by atoms with Crippen molar-refractivity contribution in [3.8, 4) is 0 Å². The number of halogens is 3. The van der Waals surface area contributed by atoms with Crippen molar-refractivity contribution in [2.24, 2.45) is 0 Å². The van der Waals surface area contributed by atoms with E-state index in [2.05, 4.69) is 21.2 Å². The zero-order valence-electron chi connectivity index (χ0n) is 10.9. The molecule has 1 unspecified atom stereocenters. The summed E-state index contributed by atoms with van der Waals surface area (Å²) in [7, 11) is 0. The summed E-state index contributed by atoms with van der Waals surface area (Å²) in [5.74, 6) is 0. The minimum absolute atomic E-state index is 0.00407. The van der Waals surface area contributed by atoms with E-state index in [1.54, 1.807) is 18.2 Å². The fourth-order valence-corrected chi connectivity index (χ4v) is 2.79. The maximum absolute atomic E-state index is 10.9. The fourth-order valence-electron chi connectivity index (χ4n) is 1.93. The number of hydrogen-bond donors (Lipinski definition) is 1. The third-order valence-corrected chi connectivity index (χ3v) is 4.48. The smallest absolute Gasteiger partial charge is 0.285 e. The van der Waals surface area contributed by atoms with Gasteiger partial charge in [-0.2, -0.15) is 0 Å². The second kappa shape index (κ2) is 6.64. The van der Waals surface area contributed by atoms with Gasteiger partial charge in [0.1, 0.15) is 0 Å². The molecule has 21 heavy (non-hydrogen) atoms. The number of nitrogens with zero attached hydrogens (tertiary/aromatic N) is 1. The second-order valence-electron chi connectivity index (χ2n) is 4.43. The summed E-state index contributed by atoms with van der Waals surface area (Å²) < 4.78 is 0.437. The van der Waals surface area contributed by atoms with Crippen LogP contribution >= 0.6 is 39.1 Å². The van der Waals surface area contributed by atoms with Gasteiger partial charge in [0, 0.05) is 11.8 Å². The summed E-state index contributed by atoms with van der Waals surface area (Å²) in [5, 5.41) is 15.1. The first kappa shape index (κ1) is 16.1. The van der Waals surface area contributed by atoms with Gasteiger partial charge in [-0.15, -0.1) is 0 Å². The van der Waals surface area contributed by atoms with E-state index in [9.17, 15) is 10.1 Å². The molecule has 110 valence electrons. The minimum atomic E-state index is -0.438. The van der Waals surface area contributed by atoms with Gasteiger partial charge in [0.05, 0.1) is 25.5 Å². The summed E-state index contributed by atoms with van der Waals surface area (Å²) in [6.07, 6.45) is 0. The van der Waals surface area contributed by atoms with Crippen LogP contribution in [0.5, 0.6) is 0 Å². The Kier molecular flexibility index (Phi) is 5.08. The van der Waals surface area contributed by atoms with Crippen molar-refractivity contribution in [3.05, 3.63) is 66.6 Å². The number of hydrogen-bond acceptors (Lipinski definition) is 3.